The fourth-order valence-electron chi connectivity index (χ4n) is 2.72. The molecule has 1 aromatic carbocycles. The van der Waals surface area contributed by atoms with Crippen molar-refractivity contribution in [1.82, 2.24) is 5.32 Å². The average Bonchev–Trinajstić information content (AvgIpc) is 2.37. The highest BCUT2D eigenvalue weighted by Gasteiger charge is 2.32. The molecule has 2 unspecified atom stereocenters. The molecule has 1 saturated carbocycles. The molecule has 1 aromatic rings. The third-order valence-corrected chi connectivity index (χ3v) is 3.56. The molecule has 100 valence electrons. The van der Waals surface area contributed by atoms with Gasteiger partial charge in [0.15, 0.2) is 0 Å². The van der Waals surface area contributed by atoms with E-state index in [-0.39, 0.29) is 12.0 Å². The fourth-order valence-corrected chi connectivity index (χ4v) is 2.72. The molecule has 1 aliphatic rings. The minimum Gasteiger partial charge on any atom is -0.305 e. The summed E-state index contributed by atoms with van der Waals surface area (Å²) in [6.45, 7) is -0.888. The smallest absolute Gasteiger partial charge is 0.305 e. The van der Waals surface area contributed by atoms with Crippen molar-refractivity contribution in [2.24, 2.45) is 0 Å². The third-order valence-electron chi connectivity index (χ3n) is 3.56. The Morgan fingerprint density at radius 1 is 1.06 bits per heavy atom. The first-order valence-corrected chi connectivity index (χ1v) is 6.41. The third kappa shape index (κ3) is 3.73. The lowest BCUT2D eigenvalue weighted by Gasteiger charge is -2.33. The van der Waals surface area contributed by atoms with Crippen LogP contribution in [-0.2, 0) is 0 Å². The summed E-state index contributed by atoms with van der Waals surface area (Å²) in [6, 6.07) is 9.80. The molecule has 2 atom stereocenters. The summed E-state index contributed by atoms with van der Waals surface area (Å²) in [7, 11) is 0. The van der Waals surface area contributed by atoms with Crippen LogP contribution >= 0.6 is 0 Å². The predicted molar refractivity (Wildman–Crippen MR) is 65.5 cm³/mol. The van der Waals surface area contributed by atoms with E-state index in [4.69, 9.17) is 0 Å². The largest absolute Gasteiger partial charge is 0.401 e. The maximum atomic E-state index is 12.3. The number of hydrogen-bond acceptors (Lipinski definition) is 1. The first kappa shape index (κ1) is 13.4. The van der Waals surface area contributed by atoms with Crippen LogP contribution in [0.4, 0.5) is 13.2 Å². The second-order valence-electron chi connectivity index (χ2n) is 4.90. The summed E-state index contributed by atoms with van der Waals surface area (Å²) in [5.41, 5.74) is 1.15. The number of rotatable bonds is 3. The first-order chi connectivity index (χ1) is 8.56. The van der Waals surface area contributed by atoms with E-state index in [1.807, 2.05) is 30.3 Å². The zero-order chi connectivity index (χ0) is 13.0. The van der Waals surface area contributed by atoms with Gasteiger partial charge in [-0.05, 0) is 24.3 Å². The van der Waals surface area contributed by atoms with Gasteiger partial charge in [-0.2, -0.15) is 13.2 Å². The molecule has 0 aliphatic heterocycles. The molecule has 4 heteroatoms. The summed E-state index contributed by atoms with van der Waals surface area (Å²) in [5.74, 6) is 0.210. The Kier molecular flexibility index (Phi) is 4.27. The second kappa shape index (κ2) is 5.74. The Hall–Kier alpha value is -1.03. The molecule has 0 bridgehead atoms. The van der Waals surface area contributed by atoms with Gasteiger partial charge in [0.25, 0.3) is 0 Å². The number of hydrogen-bond donors (Lipinski definition) is 1. The van der Waals surface area contributed by atoms with E-state index in [1.54, 1.807) is 0 Å². The second-order valence-corrected chi connectivity index (χ2v) is 4.90. The lowest BCUT2D eigenvalue weighted by atomic mass is 9.80. The van der Waals surface area contributed by atoms with E-state index in [2.05, 4.69) is 5.32 Å². The SMILES string of the molecule is FC(F)(F)CNC1CCCCC1c1ccccc1. The minimum atomic E-state index is -4.13. The van der Waals surface area contributed by atoms with Gasteiger partial charge in [-0.1, -0.05) is 43.2 Å². The Labute approximate surface area is 105 Å². The van der Waals surface area contributed by atoms with Crippen LogP contribution in [0.1, 0.15) is 37.2 Å². The van der Waals surface area contributed by atoms with Crippen molar-refractivity contribution in [3.63, 3.8) is 0 Å². The van der Waals surface area contributed by atoms with Crippen LogP contribution in [0, 0.1) is 0 Å². The summed E-state index contributed by atoms with van der Waals surface area (Å²) in [4.78, 5) is 0. The summed E-state index contributed by atoms with van der Waals surface area (Å²) in [6.07, 6.45) is -0.212. The highest BCUT2D eigenvalue weighted by molar-refractivity contribution is 5.22. The van der Waals surface area contributed by atoms with E-state index in [9.17, 15) is 13.2 Å². The molecule has 1 nitrogen and oxygen atoms in total. The molecule has 18 heavy (non-hydrogen) atoms. The fraction of sp³-hybridized carbons (Fsp3) is 0.571. The van der Waals surface area contributed by atoms with Gasteiger partial charge < -0.3 is 5.32 Å². The van der Waals surface area contributed by atoms with Gasteiger partial charge in [0.2, 0.25) is 0 Å². The molecular formula is C14H18F3N. The maximum absolute atomic E-state index is 12.3. The number of nitrogens with one attached hydrogen (secondary N) is 1. The molecule has 0 aromatic heterocycles. The molecule has 0 amide bonds. The van der Waals surface area contributed by atoms with E-state index >= 15 is 0 Å². The van der Waals surface area contributed by atoms with Gasteiger partial charge in [0.05, 0.1) is 6.54 Å². The number of halogens is 3. The normalized spacial score (nSPS) is 25.1. The quantitative estimate of drug-likeness (QED) is 0.867. The highest BCUT2D eigenvalue weighted by atomic mass is 19.4. The summed E-state index contributed by atoms with van der Waals surface area (Å²) in [5, 5.41) is 2.69. The van der Waals surface area contributed by atoms with Crippen molar-refractivity contribution < 1.29 is 13.2 Å². The van der Waals surface area contributed by atoms with E-state index in [1.165, 1.54) is 0 Å². The van der Waals surface area contributed by atoms with E-state index < -0.39 is 12.7 Å². The zero-order valence-electron chi connectivity index (χ0n) is 10.2. The Morgan fingerprint density at radius 3 is 2.39 bits per heavy atom. The molecule has 2 rings (SSSR count). The Bertz CT molecular complexity index is 361. The van der Waals surface area contributed by atoms with Gasteiger partial charge in [0, 0.05) is 6.04 Å². The number of alkyl halides is 3. The van der Waals surface area contributed by atoms with Crippen LogP contribution in [0.2, 0.25) is 0 Å². The minimum absolute atomic E-state index is 0.0530. The van der Waals surface area contributed by atoms with E-state index in [0.717, 1.165) is 31.2 Å². The van der Waals surface area contributed by atoms with Crippen molar-refractivity contribution in [2.75, 3.05) is 6.54 Å². The molecule has 0 spiro atoms. The standard InChI is InChI=1S/C14H18F3N/c15-14(16,17)10-18-13-9-5-4-8-12(13)11-6-2-1-3-7-11/h1-3,6-7,12-13,18H,4-5,8-10H2. The molecule has 0 saturated heterocycles. The molecule has 0 heterocycles. The van der Waals surface area contributed by atoms with Crippen molar-refractivity contribution >= 4 is 0 Å². The molecule has 1 aliphatic carbocycles. The van der Waals surface area contributed by atoms with Gasteiger partial charge in [-0.25, -0.2) is 0 Å². The molecule has 1 N–H and O–H groups in total. The maximum Gasteiger partial charge on any atom is 0.401 e. The van der Waals surface area contributed by atoms with Crippen LogP contribution in [0.25, 0.3) is 0 Å². The predicted octanol–water partition coefficient (Wildman–Crippen LogP) is 3.86. The topological polar surface area (TPSA) is 12.0 Å². The molecule has 1 fully saturated rings. The van der Waals surface area contributed by atoms with Crippen molar-refractivity contribution in [1.29, 1.82) is 0 Å². The van der Waals surface area contributed by atoms with Crippen LogP contribution < -0.4 is 5.32 Å². The molecular weight excluding hydrogens is 239 g/mol. The van der Waals surface area contributed by atoms with Gasteiger partial charge in [0.1, 0.15) is 0 Å². The summed E-state index contributed by atoms with van der Waals surface area (Å²) < 4.78 is 36.8. The van der Waals surface area contributed by atoms with Crippen LogP contribution in [-0.4, -0.2) is 18.8 Å². The van der Waals surface area contributed by atoms with Crippen molar-refractivity contribution in [2.45, 2.75) is 43.8 Å². The Morgan fingerprint density at radius 2 is 1.72 bits per heavy atom. The molecule has 0 radical (unpaired) electrons. The monoisotopic (exact) mass is 257 g/mol. The number of benzene rings is 1. The van der Waals surface area contributed by atoms with Crippen LogP contribution in [0.3, 0.4) is 0 Å². The average molecular weight is 257 g/mol. The van der Waals surface area contributed by atoms with Crippen molar-refractivity contribution in [3.05, 3.63) is 35.9 Å². The summed E-state index contributed by atoms with van der Waals surface area (Å²) >= 11 is 0. The van der Waals surface area contributed by atoms with Crippen molar-refractivity contribution in [3.8, 4) is 0 Å². The Balaban J connectivity index is 2.02. The van der Waals surface area contributed by atoms with Crippen LogP contribution in [0.15, 0.2) is 30.3 Å². The zero-order valence-corrected chi connectivity index (χ0v) is 10.2. The lowest BCUT2D eigenvalue weighted by molar-refractivity contribution is -0.126. The highest BCUT2D eigenvalue weighted by Crippen LogP contribution is 2.33. The van der Waals surface area contributed by atoms with Gasteiger partial charge in [-0.15, -0.1) is 0 Å². The van der Waals surface area contributed by atoms with Crippen LogP contribution in [0.5, 0.6) is 0 Å². The lowest BCUT2D eigenvalue weighted by Crippen LogP contribution is -2.42. The van der Waals surface area contributed by atoms with E-state index in [0.29, 0.717) is 0 Å². The first-order valence-electron chi connectivity index (χ1n) is 6.41. The van der Waals surface area contributed by atoms with Gasteiger partial charge >= 0.3 is 6.18 Å². The van der Waals surface area contributed by atoms with Gasteiger partial charge in [-0.3, -0.25) is 0 Å².